The minimum Gasteiger partial charge on any atom is -0.240 e. The Morgan fingerprint density at radius 3 is 2.50 bits per heavy atom. The van der Waals surface area contributed by atoms with Crippen molar-refractivity contribution in [3.8, 4) is 0 Å². The van der Waals surface area contributed by atoms with Crippen LogP contribution in [0.5, 0.6) is 0 Å². The van der Waals surface area contributed by atoms with E-state index in [1.807, 2.05) is 6.92 Å². The van der Waals surface area contributed by atoms with E-state index in [9.17, 15) is 0 Å². The van der Waals surface area contributed by atoms with Gasteiger partial charge in [-0.25, -0.2) is 5.43 Å². The zero-order valence-electron chi connectivity index (χ0n) is 5.94. The van der Waals surface area contributed by atoms with E-state index in [0.717, 1.165) is 13.1 Å². The minimum atomic E-state index is 0.699. The molecule has 0 fully saturated rings. The van der Waals surface area contributed by atoms with Gasteiger partial charge in [0.1, 0.15) is 0 Å². The van der Waals surface area contributed by atoms with Gasteiger partial charge in [0.25, 0.3) is 0 Å². The van der Waals surface area contributed by atoms with Crippen LogP contribution in [0, 0.1) is 5.92 Å². The highest BCUT2D eigenvalue weighted by atomic mass is 15.3. The molecule has 2 heteroatoms. The Morgan fingerprint density at radius 2 is 2.12 bits per heavy atom. The first kappa shape index (κ1) is 7.92. The van der Waals surface area contributed by atoms with Crippen molar-refractivity contribution in [2.45, 2.75) is 20.8 Å². The van der Waals surface area contributed by atoms with Crippen LogP contribution >= 0.6 is 0 Å². The number of nitrogens with one attached hydrogen (secondary N) is 1. The molecule has 0 saturated heterocycles. The zero-order valence-corrected chi connectivity index (χ0v) is 5.94. The fourth-order valence-corrected chi connectivity index (χ4v) is 0.359. The maximum Gasteiger partial charge on any atom is 0.0275 e. The summed E-state index contributed by atoms with van der Waals surface area (Å²) in [7, 11) is 0. The fraction of sp³-hybridized carbons (Fsp3) is 1.00. The summed E-state index contributed by atoms with van der Waals surface area (Å²) < 4.78 is 0. The SMILES string of the molecule is CC[N]NCC(C)C. The molecule has 0 atom stereocenters. The molecule has 0 spiro atoms. The van der Waals surface area contributed by atoms with Crippen LogP contribution < -0.4 is 10.9 Å². The Hall–Kier alpha value is -0.0800. The summed E-state index contributed by atoms with van der Waals surface area (Å²) in [6.45, 7) is 8.21. The Bertz CT molecular complexity index is 43.8. The standard InChI is InChI=1S/C6H15N2/c1-4-7-8-5-6(2)3/h6,8H,4-5H2,1-3H3. The first-order valence-electron chi connectivity index (χ1n) is 3.16. The van der Waals surface area contributed by atoms with E-state index in [4.69, 9.17) is 0 Å². The van der Waals surface area contributed by atoms with Crippen LogP contribution in [0.25, 0.3) is 0 Å². The number of hydrogen-bond donors (Lipinski definition) is 1. The Labute approximate surface area is 51.6 Å². The summed E-state index contributed by atoms with van der Waals surface area (Å²) in [6, 6.07) is 0. The van der Waals surface area contributed by atoms with E-state index in [2.05, 4.69) is 24.7 Å². The maximum absolute atomic E-state index is 3.96. The average molecular weight is 115 g/mol. The second kappa shape index (κ2) is 5.06. The Morgan fingerprint density at radius 1 is 1.50 bits per heavy atom. The van der Waals surface area contributed by atoms with E-state index in [1.165, 1.54) is 0 Å². The van der Waals surface area contributed by atoms with Gasteiger partial charge in [-0.05, 0) is 12.8 Å². The largest absolute Gasteiger partial charge is 0.240 e. The predicted octanol–water partition coefficient (Wildman–Crippen LogP) is 0.771. The van der Waals surface area contributed by atoms with Gasteiger partial charge in [-0.3, -0.25) is 0 Å². The van der Waals surface area contributed by atoms with Gasteiger partial charge in [-0.1, -0.05) is 13.8 Å². The van der Waals surface area contributed by atoms with Crippen molar-refractivity contribution in [3.63, 3.8) is 0 Å². The lowest BCUT2D eigenvalue weighted by Crippen LogP contribution is -2.27. The van der Waals surface area contributed by atoms with Crippen molar-refractivity contribution >= 4 is 0 Å². The second-order valence-electron chi connectivity index (χ2n) is 2.23. The van der Waals surface area contributed by atoms with E-state index in [-0.39, 0.29) is 0 Å². The van der Waals surface area contributed by atoms with Crippen molar-refractivity contribution in [1.29, 1.82) is 0 Å². The van der Waals surface area contributed by atoms with Crippen LogP contribution in [-0.4, -0.2) is 13.1 Å². The molecule has 1 radical (unpaired) electrons. The average Bonchev–Trinajstić information content (AvgIpc) is 1.66. The van der Waals surface area contributed by atoms with Crippen LogP contribution in [0.15, 0.2) is 0 Å². The molecule has 0 aromatic heterocycles. The molecular formula is C6H15N2. The normalized spacial score (nSPS) is 10.5. The first-order chi connectivity index (χ1) is 3.77. The molecule has 0 aliphatic rings. The smallest absolute Gasteiger partial charge is 0.0275 e. The van der Waals surface area contributed by atoms with Crippen molar-refractivity contribution in [2.75, 3.05) is 13.1 Å². The van der Waals surface area contributed by atoms with E-state index in [0.29, 0.717) is 5.92 Å². The van der Waals surface area contributed by atoms with Crippen LogP contribution in [0.4, 0.5) is 0 Å². The molecule has 0 aromatic carbocycles. The topological polar surface area (TPSA) is 26.1 Å². The highest BCUT2D eigenvalue weighted by Crippen LogP contribution is 1.84. The molecule has 49 valence electrons. The summed E-state index contributed by atoms with van der Waals surface area (Å²) >= 11 is 0. The lowest BCUT2D eigenvalue weighted by atomic mass is 10.2. The van der Waals surface area contributed by atoms with Crippen molar-refractivity contribution in [1.82, 2.24) is 10.9 Å². The second-order valence-corrected chi connectivity index (χ2v) is 2.23. The molecule has 0 aromatic rings. The van der Waals surface area contributed by atoms with Gasteiger partial charge in [0.15, 0.2) is 0 Å². The Kier molecular flexibility index (Phi) is 5.01. The molecule has 1 N–H and O–H groups in total. The molecular weight excluding hydrogens is 100 g/mol. The van der Waals surface area contributed by atoms with Crippen LogP contribution in [0.2, 0.25) is 0 Å². The summed E-state index contributed by atoms with van der Waals surface area (Å²) in [5.74, 6) is 0.699. The molecule has 8 heavy (non-hydrogen) atoms. The van der Waals surface area contributed by atoms with Crippen molar-refractivity contribution in [3.05, 3.63) is 0 Å². The third-order valence-corrected chi connectivity index (χ3v) is 0.769. The lowest BCUT2D eigenvalue weighted by Gasteiger charge is -2.03. The lowest BCUT2D eigenvalue weighted by molar-refractivity contribution is 0.473. The molecule has 0 aliphatic heterocycles. The summed E-state index contributed by atoms with van der Waals surface area (Å²) in [5, 5.41) is 0. The Balaban J connectivity index is 2.72. The quantitative estimate of drug-likeness (QED) is 0.425. The highest BCUT2D eigenvalue weighted by molar-refractivity contribution is 4.44. The minimum absolute atomic E-state index is 0.699. The van der Waals surface area contributed by atoms with Crippen molar-refractivity contribution < 1.29 is 0 Å². The van der Waals surface area contributed by atoms with Crippen molar-refractivity contribution in [2.24, 2.45) is 5.92 Å². The monoisotopic (exact) mass is 115 g/mol. The van der Waals surface area contributed by atoms with Gasteiger partial charge < -0.3 is 0 Å². The van der Waals surface area contributed by atoms with E-state index >= 15 is 0 Å². The van der Waals surface area contributed by atoms with E-state index in [1.54, 1.807) is 0 Å². The summed E-state index contributed by atoms with van der Waals surface area (Å²) in [4.78, 5) is 0. The van der Waals surface area contributed by atoms with Gasteiger partial charge in [-0.2, -0.15) is 5.43 Å². The molecule has 0 saturated carbocycles. The molecule has 0 rings (SSSR count). The number of nitrogens with zero attached hydrogens (tertiary/aromatic N) is 1. The number of hydrogen-bond acceptors (Lipinski definition) is 1. The maximum atomic E-state index is 3.96. The highest BCUT2D eigenvalue weighted by Gasteiger charge is 1.89. The fourth-order valence-electron chi connectivity index (χ4n) is 0.359. The summed E-state index contributed by atoms with van der Waals surface area (Å²) in [5.41, 5.74) is 6.92. The van der Waals surface area contributed by atoms with Gasteiger partial charge >= 0.3 is 0 Å². The summed E-state index contributed by atoms with van der Waals surface area (Å²) in [6.07, 6.45) is 0. The molecule has 0 aliphatic carbocycles. The van der Waals surface area contributed by atoms with Gasteiger partial charge in [0, 0.05) is 13.1 Å². The zero-order chi connectivity index (χ0) is 6.41. The van der Waals surface area contributed by atoms with Crippen LogP contribution in [0.1, 0.15) is 20.8 Å². The third-order valence-electron chi connectivity index (χ3n) is 0.769. The molecule has 2 nitrogen and oxygen atoms in total. The molecule has 0 unspecified atom stereocenters. The predicted molar refractivity (Wildman–Crippen MR) is 35.5 cm³/mol. The van der Waals surface area contributed by atoms with Crippen LogP contribution in [0.3, 0.4) is 0 Å². The molecule has 0 heterocycles. The molecule has 0 amide bonds. The van der Waals surface area contributed by atoms with Gasteiger partial charge in [-0.15, -0.1) is 0 Å². The molecule has 0 bridgehead atoms. The first-order valence-corrected chi connectivity index (χ1v) is 3.16. The number of rotatable bonds is 4. The third kappa shape index (κ3) is 5.92. The van der Waals surface area contributed by atoms with Gasteiger partial charge in [0.2, 0.25) is 0 Å². The van der Waals surface area contributed by atoms with Crippen LogP contribution in [-0.2, 0) is 0 Å². The van der Waals surface area contributed by atoms with E-state index < -0.39 is 0 Å². The van der Waals surface area contributed by atoms with Gasteiger partial charge in [0.05, 0.1) is 0 Å².